The van der Waals surface area contributed by atoms with E-state index in [-0.39, 0.29) is 12.5 Å². The second-order valence-electron chi connectivity index (χ2n) is 6.49. The number of hydrazone groups is 1. The van der Waals surface area contributed by atoms with E-state index in [2.05, 4.69) is 15.8 Å². The Bertz CT molecular complexity index is 1100. The predicted octanol–water partition coefficient (Wildman–Crippen LogP) is 5.16. The van der Waals surface area contributed by atoms with Crippen molar-refractivity contribution in [2.75, 3.05) is 11.9 Å². The van der Waals surface area contributed by atoms with E-state index in [0.717, 1.165) is 5.56 Å². The summed E-state index contributed by atoms with van der Waals surface area (Å²) in [5, 5.41) is 7.71. The average Bonchev–Trinajstić information content (AvgIpc) is 2.78. The number of nitrogens with zero attached hydrogens (tertiary/aromatic N) is 1. The lowest BCUT2D eigenvalue weighted by atomic mass is 10.1. The number of nitrogens with one attached hydrogen (secondary N) is 2. The largest absolute Gasteiger partial charge is 0.482 e. The zero-order valence-electron chi connectivity index (χ0n) is 16.6. The van der Waals surface area contributed by atoms with Crippen molar-refractivity contribution in [1.29, 1.82) is 0 Å². The molecule has 0 radical (unpaired) electrons. The summed E-state index contributed by atoms with van der Waals surface area (Å²) in [6, 6.07) is 20.8. The Kier molecular flexibility index (Phi) is 7.65. The van der Waals surface area contributed by atoms with Crippen LogP contribution in [0.5, 0.6) is 5.75 Å². The highest BCUT2D eigenvalue weighted by Crippen LogP contribution is 2.27. The molecule has 2 amide bonds. The lowest BCUT2D eigenvalue weighted by Gasteiger charge is -2.08. The number of carbonyl (C=O) groups excluding carboxylic acids is 2. The van der Waals surface area contributed by atoms with Gasteiger partial charge in [0.05, 0.1) is 10.7 Å². The summed E-state index contributed by atoms with van der Waals surface area (Å²) < 4.78 is 5.37. The highest BCUT2D eigenvalue weighted by atomic mass is 35.5. The van der Waals surface area contributed by atoms with Crippen LogP contribution < -0.4 is 15.5 Å². The topological polar surface area (TPSA) is 79.8 Å². The summed E-state index contributed by atoms with van der Waals surface area (Å²) in [4.78, 5) is 24.2. The van der Waals surface area contributed by atoms with Gasteiger partial charge < -0.3 is 10.1 Å². The fourth-order valence-electron chi connectivity index (χ4n) is 2.57. The molecule has 2 N–H and O–H groups in total. The highest BCUT2D eigenvalue weighted by Gasteiger charge is 2.08. The fourth-order valence-corrected chi connectivity index (χ4v) is 3.03. The van der Waals surface area contributed by atoms with Crippen LogP contribution in [0.4, 0.5) is 5.69 Å². The molecule has 0 aliphatic heterocycles. The average molecular weight is 456 g/mol. The Hall–Kier alpha value is -3.35. The van der Waals surface area contributed by atoms with Gasteiger partial charge in [-0.3, -0.25) is 9.59 Å². The van der Waals surface area contributed by atoms with E-state index in [1.807, 2.05) is 6.07 Å². The Morgan fingerprint density at radius 3 is 2.32 bits per heavy atom. The fraction of sp³-hybridized carbons (Fsp3) is 0.0870. The first kappa shape index (κ1) is 22.3. The lowest BCUT2D eigenvalue weighted by Crippen LogP contribution is -2.25. The van der Waals surface area contributed by atoms with E-state index < -0.39 is 5.91 Å². The number of ether oxygens (including phenoxy) is 1. The van der Waals surface area contributed by atoms with Crippen LogP contribution in [0, 0.1) is 0 Å². The summed E-state index contributed by atoms with van der Waals surface area (Å²) in [7, 11) is 0. The zero-order valence-corrected chi connectivity index (χ0v) is 18.1. The van der Waals surface area contributed by atoms with E-state index in [1.54, 1.807) is 67.6 Å². The molecular weight excluding hydrogens is 437 g/mol. The number of hydrogen-bond donors (Lipinski definition) is 2. The smallest absolute Gasteiger partial charge is 0.277 e. The van der Waals surface area contributed by atoms with Crippen LogP contribution in [0.25, 0.3) is 0 Å². The second-order valence-corrected chi connectivity index (χ2v) is 7.34. The van der Waals surface area contributed by atoms with Gasteiger partial charge in [0.2, 0.25) is 0 Å². The van der Waals surface area contributed by atoms with Gasteiger partial charge in [0, 0.05) is 16.3 Å². The first-order valence-corrected chi connectivity index (χ1v) is 10.1. The van der Waals surface area contributed by atoms with Crippen molar-refractivity contribution in [2.45, 2.75) is 6.92 Å². The molecule has 31 heavy (non-hydrogen) atoms. The molecule has 0 unspecified atom stereocenters. The van der Waals surface area contributed by atoms with Gasteiger partial charge >= 0.3 is 0 Å². The van der Waals surface area contributed by atoms with Gasteiger partial charge in [-0.25, -0.2) is 5.43 Å². The van der Waals surface area contributed by atoms with E-state index in [1.165, 1.54) is 6.07 Å². The third kappa shape index (κ3) is 6.57. The second kappa shape index (κ2) is 10.6. The molecule has 0 fully saturated rings. The molecule has 0 aliphatic rings. The van der Waals surface area contributed by atoms with Crippen LogP contribution in [0.3, 0.4) is 0 Å². The molecule has 0 saturated carbocycles. The summed E-state index contributed by atoms with van der Waals surface area (Å²) in [6.07, 6.45) is 0. The predicted molar refractivity (Wildman–Crippen MR) is 123 cm³/mol. The SMILES string of the molecule is C/C(=N\NC(=O)COc1ccc(Cl)cc1Cl)c1ccc(NC(=O)c2ccccc2)cc1. The monoisotopic (exact) mass is 455 g/mol. The number of halogens is 2. The van der Waals surface area contributed by atoms with Crippen LogP contribution in [0.1, 0.15) is 22.8 Å². The van der Waals surface area contributed by atoms with Gasteiger partial charge in [-0.15, -0.1) is 0 Å². The molecule has 3 aromatic carbocycles. The molecule has 0 aliphatic carbocycles. The molecule has 3 aromatic rings. The van der Waals surface area contributed by atoms with Gasteiger partial charge in [-0.2, -0.15) is 5.10 Å². The molecule has 0 bridgehead atoms. The van der Waals surface area contributed by atoms with Crippen molar-refractivity contribution in [1.82, 2.24) is 5.43 Å². The van der Waals surface area contributed by atoms with Gasteiger partial charge in [0.15, 0.2) is 6.61 Å². The maximum Gasteiger partial charge on any atom is 0.277 e. The zero-order chi connectivity index (χ0) is 22.2. The van der Waals surface area contributed by atoms with Crippen LogP contribution >= 0.6 is 23.2 Å². The van der Waals surface area contributed by atoms with Crippen molar-refractivity contribution in [3.8, 4) is 5.75 Å². The molecular formula is C23H19Cl2N3O3. The summed E-state index contributed by atoms with van der Waals surface area (Å²) in [6.45, 7) is 1.51. The van der Waals surface area contributed by atoms with Crippen molar-refractivity contribution in [3.05, 3.63) is 94.0 Å². The minimum Gasteiger partial charge on any atom is -0.482 e. The highest BCUT2D eigenvalue weighted by molar-refractivity contribution is 6.35. The normalized spacial score (nSPS) is 11.0. The molecule has 8 heteroatoms. The van der Waals surface area contributed by atoms with Gasteiger partial charge in [0.25, 0.3) is 11.8 Å². The third-order valence-corrected chi connectivity index (χ3v) is 4.73. The molecule has 0 heterocycles. The molecule has 6 nitrogen and oxygen atoms in total. The van der Waals surface area contributed by atoms with Gasteiger partial charge in [0.1, 0.15) is 5.75 Å². The number of carbonyl (C=O) groups is 2. The van der Waals surface area contributed by atoms with Gasteiger partial charge in [-0.05, 0) is 55.0 Å². The van der Waals surface area contributed by atoms with Crippen LogP contribution in [0.2, 0.25) is 10.0 Å². The van der Waals surface area contributed by atoms with Crippen LogP contribution in [-0.4, -0.2) is 24.1 Å². The number of rotatable bonds is 7. The van der Waals surface area contributed by atoms with E-state index >= 15 is 0 Å². The first-order valence-electron chi connectivity index (χ1n) is 9.30. The van der Waals surface area contributed by atoms with E-state index in [4.69, 9.17) is 27.9 Å². The number of benzene rings is 3. The molecule has 0 aromatic heterocycles. The van der Waals surface area contributed by atoms with E-state index in [0.29, 0.717) is 32.8 Å². The first-order chi connectivity index (χ1) is 14.9. The van der Waals surface area contributed by atoms with Crippen molar-refractivity contribution in [3.63, 3.8) is 0 Å². The molecule has 0 spiro atoms. The molecule has 3 rings (SSSR count). The minimum absolute atomic E-state index is 0.188. The quantitative estimate of drug-likeness (QED) is 0.381. The number of hydrogen-bond acceptors (Lipinski definition) is 4. The number of anilines is 1. The maximum absolute atomic E-state index is 12.2. The van der Waals surface area contributed by atoms with E-state index in [9.17, 15) is 9.59 Å². The van der Waals surface area contributed by atoms with Crippen LogP contribution in [0.15, 0.2) is 77.9 Å². The molecule has 158 valence electrons. The Morgan fingerprint density at radius 2 is 1.65 bits per heavy atom. The number of amides is 2. The third-order valence-electron chi connectivity index (χ3n) is 4.20. The van der Waals surface area contributed by atoms with Crippen molar-refractivity contribution in [2.24, 2.45) is 5.10 Å². The Morgan fingerprint density at radius 1 is 0.935 bits per heavy atom. The standard InChI is InChI=1S/C23H19Cl2N3O3/c1-15(27-28-22(29)14-31-21-12-9-18(24)13-20(21)25)16-7-10-19(11-8-16)26-23(30)17-5-3-2-4-6-17/h2-13H,14H2,1H3,(H,26,30)(H,28,29)/b27-15+. The Labute approximate surface area is 189 Å². The lowest BCUT2D eigenvalue weighted by molar-refractivity contribution is -0.123. The summed E-state index contributed by atoms with van der Waals surface area (Å²) in [5.74, 6) is -0.265. The van der Waals surface area contributed by atoms with Crippen molar-refractivity contribution >= 4 is 46.4 Å². The minimum atomic E-state index is -0.433. The Balaban J connectivity index is 1.52. The van der Waals surface area contributed by atoms with Crippen LogP contribution in [-0.2, 0) is 4.79 Å². The van der Waals surface area contributed by atoms with Crippen molar-refractivity contribution < 1.29 is 14.3 Å². The summed E-state index contributed by atoms with van der Waals surface area (Å²) >= 11 is 11.8. The molecule has 0 atom stereocenters. The van der Waals surface area contributed by atoms with Gasteiger partial charge in [-0.1, -0.05) is 53.5 Å². The maximum atomic E-state index is 12.2. The summed E-state index contributed by atoms with van der Waals surface area (Å²) in [5.41, 5.74) is 5.06. The molecule has 0 saturated heterocycles.